The lowest BCUT2D eigenvalue weighted by Gasteiger charge is -2.32. The van der Waals surface area contributed by atoms with Crippen LogP contribution in [0, 0.1) is 0 Å². The molecular weight excluding hydrogens is 196 g/mol. The largest absolute Gasteiger partial charge is 0.356 e. The first-order valence-corrected chi connectivity index (χ1v) is 7.03. The first-order chi connectivity index (χ1) is 7.83. The van der Waals surface area contributed by atoms with Crippen LogP contribution in [0.1, 0.15) is 59.3 Å². The minimum atomic E-state index is 0.642. The van der Waals surface area contributed by atoms with Crippen molar-refractivity contribution >= 4 is 0 Å². The zero-order valence-electron chi connectivity index (χ0n) is 11.3. The summed E-state index contributed by atoms with van der Waals surface area (Å²) in [5.41, 5.74) is 0. The molecule has 0 spiro atoms. The van der Waals surface area contributed by atoms with Crippen LogP contribution >= 0.6 is 0 Å². The van der Waals surface area contributed by atoms with E-state index < -0.39 is 0 Å². The van der Waals surface area contributed by atoms with Crippen LogP contribution in [0.3, 0.4) is 0 Å². The molecule has 0 bridgehead atoms. The second-order valence-electron chi connectivity index (χ2n) is 4.75. The predicted octanol–water partition coefficient (Wildman–Crippen LogP) is 3.80. The monoisotopic (exact) mass is 224 g/mol. The molecule has 0 aromatic rings. The Bertz CT molecular complexity index is 183. The van der Waals surface area contributed by atoms with E-state index in [4.69, 9.17) is 0 Å². The van der Waals surface area contributed by atoms with Crippen LogP contribution in [0.4, 0.5) is 0 Å². The minimum Gasteiger partial charge on any atom is -0.356 e. The second kappa shape index (κ2) is 7.59. The van der Waals surface area contributed by atoms with Crippen molar-refractivity contribution in [3.63, 3.8) is 0 Å². The minimum absolute atomic E-state index is 0.642. The van der Waals surface area contributed by atoms with Crippen LogP contribution in [0.2, 0.25) is 0 Å². The number of hydrogen-bond acceptors (Lipinski definition) is 2. The molecule has 0 aliphatic carbocycles. The van der Waals surface area contributed by atoms with E-state index in [0.29, 0.717) is 6.17 Å². The SMILES string of the molecule is CCCCN1C=CN(CCCC)C1CCC. The smallest absolute Gasteiger partial charge is 0.101 e. The fourth-order valence-electron chi connectivity index (χ4n) is 2.28. The maximum atomic E-state index is 2.53. The lowest BCUT2D eigenvalue weighted by Crippen LogP contribution is -2.39. The molecule has 0 aromatic heterocycles. The van der Waals surface area contributed by atoms with Gasteiger partial charge in [0.2, 0.25) is 0 Å². The third-order valence-corrected chi connectivity index (χ3v) is 3.30. The van der Waals surface area contributed by atoms with E-state index >= 15 is 0 Å². The Kier molecular flexibility index (Phi) is 6.36. The molecule has 0 unspecified atom stereocenters. The van der Waals surface area contributed by atoms with Crippen molar-refractivity contribution in [1.82, 2.24) is 9.80 Å². The van der Waals surface area contributed by atoms with Crippen molar-refractivity contribution in [2.45, 2.75) is 65.5 Å². The third kappa shape index (κ3) is 3.73. The van der Waals surface area contributed by atoms with Crippen molar-refractivity contribution in [3.05, 3.63) is 12.4 Å². The highest BCUT2D eigenvalue weighted by molar-refractivity contribution is 4.96. The molecule has 0 amide bonds. The van der Waals surface area contributed by atoms with Gasteiger partial charge in [-0.3, -0.25) is 0 Å². The number of hydrogen-bond donors (Lipinski definition) is 0. The quantitative estimate of drug-likeness (QED) is 0.619. The molecule has 16 heavy (non-hydrogen) atoms. The Labute approximate surface area is 101 Å². The lowest BCUT2D eigenvalue weighted by atomic mass is 10.2. The Balaban J connectivity index is 2.43. The molecule has 1 aliphatic rings. The summed E-state index contributed by atoms with van der Waals surface area (Å²) in [6.07, 6.45) is 13.0. The van der Waals surface area contributed by atoms with Crippen LogP contribution in [0.5, 0.6) is 0 Å². The lowest BCUT2D eigenvalue weighted by molar-refractivity contribution is 0.139. The summed E-state index contributed by atoms with van der Waals surface area (Å²) >= 11 is 0. The molecule has 94 valence electrons. The Hall–Kier alpha value is -0.660. The molecule has 2 nitrogen and oxygen atoms in total. The van der Waals surface area contributed by atoms with Gasteiger partial charge in [0.1, 0.15) is 6.17 Å². The average Bonchev–Trinajstić information content (AvgIpc) is 2.67. The number of nitrogens with zero attached hydrogens (tertiary/aromatic N) is 2. The van der Waals surface area contributed by atoms with Crippen molar-refractivity contribution in [3.8, 4) is 0 Å². The standard InChI is InChI=1S/C14H28N2/c1-4-7-10-15-12-13-16(11-8-5-2)14(15)9-6-3/h12-14H,4-11H2,1-3H3. The van der Waals surface area contributed by atoms with Gasteiger partial charge in [-0.2, -0.15) is 0 Å². The molecule has 0 N–H and O–H groups in total. The van der Waals surface area contributed by atoms with Gasteiger partial charge in [0, 0.05) is 25.5 Å². The first kappa shape index (κ1) is 13.4. The fraction of sp³-hybridized carbons (Fsp3) is 0.857. The van der Waals surface area contributed by atoms with Crippen molar-refractivity contribution < 1.29 is 0 Å². The maximum absolute atomic E-state index is 2.53. The summed E-state index contributed by atoms with van der Waals surface area (Å²) < 4.78 is 0. The molecule has 1 rings (SSSR count). The molecule has 2 heteroatoms. The molecule has 1 heterocycles. The molecule has 0 saturated carbocycles. The highest BCUT2D eigenvalue weighted by Gasteiger charge is 2.23. The van der Waals surface area contributed by atoms with Gasteiger partial charge in [-0.05, 0) is 19.3 Å². The zero-order valence-corrected chi connectivity index (χ0v) is 11.3. The second-order valence-corrected chi connectivity index (χ2v) is 4.75. The maximum Gasteiger partial charge on any atom is 0.101 e. The predicted molar refractivity (Wildman–Crippen MR) is 71.1 cm³/mol. The van der Waals surface area contributed by atoms with Gasteiger partial charge in [0.05, 0.1) is 0 Å². The molecular formula is C14H28N2. The van der Waals surface area contributed by atoms with Crippen molar-refractivity contribution in [2.24, 2.45) is 0 Å². The normalized spacial score (nSPS) is 16.4. The Morgan fingerprint density at radius 2 is 1.31 bits per heavy atom. The van der Waals surface area contributed by atoms with Gasteiger partial charge >= 0.3 is 0 Å². The first-order valence-electron chi connectivity index (χ1n) is 7.03. The zero-order chi connectivity index (χ0) is 11.8. The van der Waals surface area contributed by atoms with Gasteiger partial charge < -0.3 is 9.80 Å². The van der Waals surface area contributed by atoms with Crippen molar-refractivity contribution in [1.29, 1.82) is 0 Å². The van der Waals surface area contributed by atoms with E-state index in [1.165, 1.54) is 51.6 Å². The fourth-order valence-corrected chi connectivity index (χ4v) is 2.28. The molecule has 0 fully saturated rings. The van der Waals surface area contributed by atoms with Crippen LogP contribution in [-0.2, 0) is 0 Å². The molecule has 0 saturated heterocycles. The molecule has 1 aliphatic heterocycles. The third-order valence-electron chi connectivity index (χ3n) is 3.30. The Morgan fingerprint density at radius 1 is 0.812 bits per heavy atom. The average molecular weight is 224 g/mol. The highest BCUT2D eigenvalue weighted by Crippen LogP contribution is 2.21. The van der Waals surface area contributed by atoms with E-state index in [0.717, 1.165) is 0 Å². The number of unbranched alkanes of at least 4 members (excludes halogenated alkanes) is 2. The summed E-state index contributed by atoms with van der Waals surface area (Å²) in [6, 6.07) is 0. The Morgan fingerprint density at radius 3 is 1.69 bits per heavy atom. The van der Waals surface area contributed by atoms with Gasteiger partial charge in [-0.1, -0.05) is 40.0 Å². The van der Waals surface area contributed by atoms with Crippen LogP contribution in [0.15, 0.2) is 12.4 Å². The summed E-state index contributed by atoms with van der Waals surface area (Å²) in [6.45, 7) is 9.27. The highest BCUT2D eigenvalue weighted by atomic mass is 15.4. The van der Waals surface area contributed by atoms with Crippen LogP contribution in [0.25, 0.3) is 0 Å². The van der Waals surface area contributed by atoms with E-state index in [1.807, 2.05) is 0 Å². The van der Waals surface area contributed by atoms with E-state index in [2.05, 4.69) is 43.0 Å². The summed E-state index contributed by atoms with van der Waals surface area (Å²) in [4.78, 5) is 5.06. The van der Waals surface area contributed by atoms with Crippen LogP contribution in [-0.4, -0.2) is 29.1 Å². The van der Waals surface area contributed by atoms with E-state index in [9.17, 15) is 0 Å². The van der Waals surface area contributed by atoms with Crippen molar-refractivity contribution in [2.75, 3.05) is 13.1 Å². The van der Waals surface area contributed by atoms with E-state index in [1.54, 1.807) is 0 Å². The van der Waals surface area contributed by atoms with Gasteiger partial charge in [-0.25, -0.2) is 0 Å². The van der Waals surface area contributed by atoms with Gasteiger partial charge in [0.25, 0.3) is 0 Å². The number of rotatable bonds is 8. The van der Waals surface area contributed by atoms with Crippen LogP contribution < -0.4 is 0 Å². The summed E-state index contributed by atoms with van der Waals surface area (Å²) in [7, 11) is 0. The topological polar surface area (TPSA) is 6.48 Å². The molecule has 0 atom stereocenters. The van der Waals surface area contributed by atoms with E-state index in [-0.39, 0.29) is 0 Å². The molecule has 0 radical (unpaired) electrons. The van der Waals surface area contributed by atoms with Gasteiger partial charge in [0.15, 0.2) is 0 Å². The van der Waals surface area contributed by atoms with Gasteiger partial charge in [-0.15, -0.1) is 0 Å². The summed E-state index contributed by atoms with van der Waals surface area (Å²) in [5, 5.41) is 0. The molecule has 0 aromatic carbocycles. The summed E-state index contributed by atoms with van der Waals surface area (Å²) in [5.74, 6) is 0.